The van der Waals surface area contributed by atoms with E-state index in [1.54, 1.807) is 0 Å². The largest absolute Gasteiger partial charge is 0.490 e. The van der Waals surface area contributed by atoms with E-state index >= 15 is 0 Å². The maximum atomic E-state index is 10.9. The van der Waals surface area contributed by atoms with Gasteiger partial charge >= 0.3 is 11.9 Å². The normalized spacial score (nSPS) is 9.60. The standard InChI is InChI=1S/C23H24O6.CH4/c1-3-22(24)28-15-13-26-20-9-5-18(6-10-20)17-19-7-11-21(12-8-19)27-14-16-29-23(25)4-2;/h3-12H,1-2,13-17H2;1H4. The molecule has 0 aliphatic carbocycles. The summed E-state index contributed by atoms with van der Waals surface area (Å²) in [6.07, 6.45) is 3.01. The Morgan fingerprint density at radius 2 is 1.03 bits per heavy atom. The fourth-order valence-corrected chi connectivity index (χ4v) is 2.36. The van der Waals surface area contributed by atoms with Gasteiger partial charge in [0.05, 0.1) is 0 Å². The Morgan fingerprint density at radius 3 is 1.37 bits per heavy atom. The Morgan fingerprint density at radius 1 is 0.667 bits per heavy atom. The quantitative estimate of drug-likeness (QED) is 0.297. The number of carbonyl (C=O) groups is 2. The van der Waals surface area contributed by atoms with Crippen molar-refractivity contribution in [3.05, 3.63) is 85.0 Å². The van der Waals surface area contributed by atoms with Crippen molar-refractivity contribution in [3.8, 4) is 11.5 Å². The van der Waals surface area contributed by atoms with E-state index in [0.29, 0.717) is 11.5 Å². The number of hydrogen-bond acceptors (Lipinski definition) is 6. The molecule has 0 amide bonds. The maximum Gasteiger partial charge on any atom is 0.330 e. The van der Waals surface area contributed by atoms with Gasteiger partial charge in [0.2, 0.25) is 0 Å². The second kappa shape index (κ2) is 13.6. The first-order valence-electron chi connectivity index (χ1n) is 9.12. The lowest BCUT2D eigenvalue weighted by molar-refractivity contribution is -0.139. The van der Waals surface area contributed by atoms with Crippen molar-refractivity contribution < 1.29 is 28.5 Å². The predicted molar refractivity (Wildman–Crippen MR) is 116 cm³/mol. The van der Waals surface area contributed by atoms with Gasteiger partial charge in [-0.05, 0) is 41.8 Å². The zero-order valence-electron chi connectivity index (χ0n) is 16.2. The van der Waals surface area contributed by atoms with Crippen molar-refractivity contribution in [3.63, 3.8) is 0 Å². The average Bonchev–Trinajstić information content (AvgIpc) is 2.76. The van der Waals surface area contributed by atoms with Crippen LogP contribution in [0.2, 0.25) is 0 Å². The van der Waals surface area contributed by atoms with Gasteiger partial charge < -0.3 is 18.9 Å². The molecule has 2 rings (SSSR count). The van der Waals surface area contributed by atoms with Gasteiger partial charge in [0, 0.05) is 12.2 Å². The van der Waals surface area contributed by atoms with Crippen LogP contribution in [-0.2, 0) is 25.5 Å². The molecule has 0 aromatic heterocycles. The number of carbonyl (C=O) groups excluding carboxylic acids is 2. The van der Waals surface area contributed by atoms with Crippen molar-refractivity contribution >= 4 is 11.9 Å². The molecule has 0 heterocycles. The fourth-order valence-electron chi connectivity index (χ4n) is 2.36. The molecule has 0 saturated carbocycles. The van der Waals surface area contributed by atoms with Crippen molar-refractivity contribution in [1.29, 1.82) is 0 Å². The van der Waals surface area contributed by atoms with Crippen LogP contribution in [0.4, 0.5) is 0 Å². The van der Waals surface area contributed by atoms with Gasteiger partial charge in [-0.15, -0.1) is 0 Å². The minimum Gasteiger partial charge on any atom is -0.490 e. The van der Waals surface area contributed by atoms with Crippen LogP contribution in [-0.4, -0.2) is 38.4 Å². The Hall–Kier alpha value is -3.54. The van der Waals surface area contributed by atoms with E-state index in [1.807, 2.05) is 48.5 Å². The number of ether oxygens (including phenoxy) is 4. The molecule has 0 N–H and O–H groups in total. The number of hydrogen-bond donors (Lipinski definition) is 0. The van der Waals surface area contributed by atoms with Crippen LogP contribution in [0.3, 0.4) is 0 Å². The highest BCUT2D eigenvalue weighted by molar-refractivity contribution is 5.81. The molecular weight excluding hydrogens is 384 g/mol. The number of benzene rings is 2. The van der Waals surface area contributed by atoms with Crippen molar-refractivity contribution in [2.75, 3.05) is 26.4 Å². The summed E-state index contributed by atoms with van der Waals surface area (Å²) in [4.78, 5) is 21.9. The van der Waals surface area contributed by atoms with Crippen LogP contribution in [0.25, 0.3) is 0 Å². The van der Waals surface area contributed by atoms with E-state index in [9.17, 15) is 9.59 Å². The second-order valence-corrected chi connectivity index (χ2v) is 5.90. The second-order valence-electron chi connectivity index (χ2n) is 5.90. The third kappa shape index (κ3) is 9.10. The summed E-state index contributed by atoms with van der Waals surface area (Å²) < 4.78 is 20.8. The van der Waals surface area contributed by atoms with Crippen molar-refractivity contribution in [1.82, 2.24) is 0 Å². The molecule has 0 spiro atoms. The van der Waals surface area contributed by atoms with Crippen LogP contribution in [0, 0.1) is 0 Å². The van der Waals surface area contributed by atoms with Crippen LogP contribution in [0.1, 0.15) is 18.6 Å². The smallest absolute Gasteiger partial charge is 0.330 e. The molecule has 0 saturated heterocycles. The Balaban J connectivity index is 0.00000450. The molecule has 0 unspecified atom stereocenters. The monoisotopic (exact) mass is 412 g/mol. The Kier molecular flexibility index (Phi) is 11.1. The van der Waals surface area contributed by atoms with E-state index in [2.05, 4.69) is 13.2 Å². The summed E-state index contributed by atoms with van der Waals surface area (Å²) in [5.74, 6) is 0.501. The lowest BCUT2D eigenvalue weighted by atomic mass is 10.0. The first-order chi connectivity index (χ1) is 14.1. The molecule has 160 valence electrons. The van der Waals surface area contributed by atoms with Crippen LogP contribution in [0.15, 0.2) is 73.8 Å². The third-order valence-electron chi connectivity index (χ3n) is 3.78. The van der Waals surface area contributed by atoms with Crippen molar-refractivity contribution in [2.45, 2.75) is 13.8 Å². The zero-order valence-corrected chi connectivity index (χ0v) is 16.2. The Labute approximate surface area is 177 Å². The molecule has 6 nitrogen and oxygen atoms in total. The molecule has 0 aliphatic rings. The lowest BCUT2D eigenvalue weighted by Crippen LogP contribution is -2.10. The van der Waals surface area contributed by atoms with Crippen LogP contribution >= 0.6 is 0 Å². The summed E-state index contributed by atoms with van der Waals surface area (Å²) in [5, 5.41) is 0. The summed E-state index contributed by atoms with van der Waals surface area (Å²) >= 11 is 0. The molecule has 0 atom stereocenters. The van der Waals surface area contributed by atoms with Gasteiger partial charge in [0.25, 0.3) is 0 Å². The minimum atomic E-state index is -0.462. The topological polar surface area (TPSA) is 71.1 Å². The summed E-state index contributed by atoms with van der Waals surface area (Å²) in [6, 6.07) is 15.5. The van der Waals surface area contributed by atoms with Gasteiger partial charge in [-0.2, -0.15) is 0 Å². The molecule has 0 radical (unpaired) electrons. The highest BCUT2D eigenvalue weighted by Crippen LogP contribution is 2.18. The molecule has 0 aliphatic heterocycles. The highest BCUT2D eigenvalue weighted by atomic mass is 16.6. The van der Waals surface area contributed by atoms with Gasteiger partial charge in [-0.25, -0.2) is 9.59 Å². The molecular formula is C24H28O6. The molecule has 6 heteroatoms. The van der Waals surface area contributed by atoms with E-state index in [0.717, 1.165) is 29.7 Å². The molecule has 2 aromatic rings. The van der Waals surface area contributed by atoms with Crippen LogP contribution < -0.4 is 9.47 Å². The zero-order chi connectivity index (χ0) is 20.9. The Bertz CT molecular complexity index is 739. The highest BCUT2D eigenvalue weighted by Gasteiger charge is 2.01. The minimum absolute atomic E-state index is 0. The van der Waals surface area contributed by atoms with E-state index in [4.69, 9.17) is 18.9 Å². The van der Waals surface area contributed by atoms with Crippen molar-refractivity contribution in [2.24, 2.45) is 0 Å². The molecule has 0 fully saturated rings. The summed E-state index contributed by atoms with van der Waals surface area (Å²) in [5.41, 5.74) is 2.28. The maximum absolute atomic E-state index is 10.9. The van der Waals surface area contributed by atoms with Gasteiger partial charge in [0.1, 0.15) is 37.9 Å². The number of esters is 2. The fraction of sp³-hybridized carbons (Fsp3) is 0.250. The molecule has 0 bridgehead atoms. The first-order valence-corrected chi connectivity index (χ1v) is 9.12. The van der Waals surface area contributed by atoms with Crippen LogP contribution in [0.5, 0.6) is 11.5 Å². The SMILES string of the molecule is C.C=CC(=O)OCCOc1ccc(Cc2ccc(OCCOC(=O)C=C)cc2)cc1. The summed E-state index contributed by atoms with van der Waals surface area (Å²) in [6.45, 7) is 7.59. The summed E-state index contributed by atoms with van der Waals surface area (Å²) in [7, 11) is 0. The predicted octanol–water partition coefficient (Wildman–Crippen LogP) is 4.13. The lowest BCUT2D eigenvalue weighted by Gasteiger charge is -2.09. The van der Waals surface area contributed by atoms with Gasteiger partial charge in [-0.1, -0.05) is 44.8 Å². The van der Waals surface area contributed by atoms with E-state index in [1.165, 1.54) is 0 Å². The molecule has 2 aromatic carbocycles. The number of rotatable bonds is 12. The van der Waals surface area contributed by atoms with Gasteiger partial charge in [-0.3, -0.25) is 0 Å². The van der Waals surface area contributed by atoms with Gasteiger partial charge in [0.15, 0.2) is 0 Å². The van der Waals surface area contributed by atoms with E-state index in [-0.39, 0.29) is 33.9 Å². The molecule has 30 heavy (non-hydrogen) atoms. The average molecular weight is 412 g/mol. The first kappa shape index (κ1) is 24.5. The van der Waals surface area contributed by atoms with E-state index < -0.39 is 11.9 Å². The third-order valence-corrected chi connectivity index (χ3v) is 3.78.